The summed E-state index contributed by atoms with van der Waals surface area (Å²) in [5, 5.41) is 10.3. The molecule has 0 radical (unpaired) electrons. The molecule has 0 unspecified atom stereocenters. The molecule has 8 nitrogen and oxygen atoms in total. The maximum atomic E-state index is 13.4. The van der Waals surface area contributed by atoms with Gasteiger partial charge in [-0.05, 0) is 31.0 Å². The van der Waals surface area contributed by atoms with Crippen LogP contribution in [-0.4, -0.2) is 73.5 Å². The normalized spacial score (nSPS) is 14.3. The van der Waals surface area contributed by atoms with Crippen LogP contribution in [0.2, 0.25) is 0 Å². The average molecular weight is 516 g/mol. The van der Waals surface area contributed by atoms with Gasteiger partial charge in [0.25, 0.3) is 0 Å². The van der Waals surface area contributed by atoms with E-state index in [0.717, 1.165) is 24.2 Å². The van der Waals surface area contributed by atoms with Gasteiger partial charge >= 0.3 is 12.1 Å². The predicted molar refractivity (Wildman–Crippen MR) is 123 cm³/mol. The molecule has 192 valence electrons. The van der Waals surface area contributed by atoms with Crippen molar-refractivity contribution in [3.05, 3.63) is 65.2 Å². The van der Waals surface area contributed by atoms with Gasteiger partial charge in [-0.3, -0.25) is 4.79 Å². The van der Waals surface area contributed by atoms with E-state index in [1.165, 1.54) is 4.31 Å². The topological polar surface area (TPSA) is 107 Å². The number of hydrogen-bond donors (Lipinski definition) is 2. The van der Waals surface area contributed by atoms with Gasteiger partial charge in [-0.2, -0.15) is 17.5 Å². The predicted octanol–water partition coefficient (Wildman–Crippen LogP) is 2.56. The molecular weight excluding hydrogens is 487 g/mol. The molecule has 1 heterocycles. The summed E-state index contributed by atoms with van der Waals surface area (Å²) >= 11 is 0. The highest BCUT2D eigenvalue weighted by molar-refractivity contribution is 7.89. The minimum Gasteiger partial charge on any atom is -0.475 e. The van der Waals surface area contributed by atoms with Crippen LogP contribution in [0.25, 0.3) is 0 Å². The van der Waals surface area contributed by atoms with Gasteiger partial charge in [-0.1, -0.05) is 48.0 Å². The average Bonchev–Trinajstić information content (AvgIpc) is 2.79. The van der Waals surface area contributed by atoms with Crippen molar-refractivity contribution in [3.8, 4) is 0 Å². The molecule has 0 aromatic heterocycles. The van der Waals surface area contributed by atoms with E-state index in [2.05, 4.69) is 5.32 Å². The Kier molecular flexibility index (Phi) is 9.81. The number of halogens is 3. The van der Waals surface area contributed by atoms with E-state index in [0.29, 0.717) is 18.7 Å². The lowest BCUT2D eigenvalue weighted by molar-refractivity contribution is -0.192. The van der Waals surface area contributed by atoms with Crippen molar-refractivity contribution >= 4 is 21.9 Å². The van der Waals surface area contributed by atoms with E-state index in [9.17, 15) is 26.4 Å². The molecule has 2 aromatic rings. The van der Waals surface area contributed by atoms with E-state index in [-0.39, 0.29) is 23.9 Å². The van der Waals surface area contributed by atoms with Crippen molar-refractivity contribution in [3.63, 3.8) is 0 Å². The minimum atomic E-state index is -5.08. The zero-order valence-corrected chi connectivity index (χ0v) is 20.2. The van der Waals surface area contributed by atoms with Crippen molar-refractivity contribution in [1.82, 2.24) is 14.5 Å². The van der Waals surface area contributed by atoms with Crippen LogP contribution in [0.15, 0.2) is 53.4 Å². The lowest BCUT2D eigenvalue weighted by Gasteiger charge is -2.30. The third-order valence-electron chi connectivity index (χ3n) is 5.17. The molecule has 1 aliphatic heterocycles. The minimum absolute atomic E-state index is 0.161. The molecule has 12 heteroatoms. The molecule has 0 saturated carbocycles. The maximum absolute atomic E-state index is 13.4. The lowest BCUT2D eigenvalue weighted by atomic mass is 10.2. The number of nitrogens with one attached hydrogen (secondary N) is 1. The monoisotopic (exact) mass is 515 g/mol. The molecule has 1 amide bonds. The van der Waals surface area contributed by atoms with Gasteiger partial charge in [0, 0.05) is 32.7 Å². The van der Waals surface area contributed by atoms with E-state index < -0.39 is 22.2 Å². The van der Waals surface area contributed by atoms with Gasteiger partial charge < -0.3 is 15.3 Å². The third-order valence-corrected chi connectivity index (χ3v) is 7.13. The van der Waals surface area contributed by atoms with Gasteiger partial charge in [0.15, 0.2) is 0 Å². The number of aliphatic carboxylic acids is 1. The number of aryl methyl sites for hydroxylation is 2. The number of piperazine rings is 1. The van der Waals surface area contributed by atoms with Crippen LogP contribution in [0.5, 0.6) is 0 Å². The van der Waals surface area contributed by atoms with Crippen molar-refractivity contribution in [2.75, 3.05) is 32.7 Å². The highest BCUT2D eigenvalue weighted by Crippen LogP contribution is 2.23. The number of sulfonamides is 1. The smallest absolute Gasteiger partial charge is 0.475 e. The van der Waals surface area contributed by atoms with E-state index >= 15 is 0 Å². The highest BCUT2D eigenvalue weighted by Gasteiger charge is 2.38. The number of amides is 1. The highest BCUT2D eigenvalue weighted by atomic mass is 32.2. The molecule has 1 aliphatic rings. The van der Waals surface area contributed by atoms with Crippen LogP contribution in [-0.2, 0) is 26.2 Å². The molecule has 1 fully saturated rings. The van der Waals surface area contributed by atoms with Crippen LogP contribution < -0.4 is 5.32 Å². The number of rotatable bonds is 6. The van der Waals surface area contributed by atoms with Gasteiger partial charge in [0.1, 0.15) is 0 Å². The molecule has 0 spiro atoms. The molecule has 0 aliphatic carbocycles. The zero-order chi connectivity index (χ0) is 26.2. The Morgan fingerprint density at radius 2 is 1.63 bits per heavy atom. The summed E-state index contributed by atoms with van der Waals surface area (Å²) in [5.74, 6) is -2.92. The van der Waals surface area contributed by atoms with Crippen molar-refractivity contribution in [2.24, 2.45) is 0 Å². The Bertz CT molecular complexity index is 1120. The number of carboxylic acid groups (broad SMARTS) is 1. The van der Waals surface area contributed by atoms with Crippen LogP contribution in [0.4, 0.5) is 13.2 Å². The molecule has 1 saturated heterocycles. The van der Waals surface area contributed by atoms with Crippen LogP contribution in [0, 0.1) is 13.8 Å². The second kappa shape index (κ2) is 12.1. The number of carboxylic acids is 1. The first-order valence-corrected chi connectivity index (χ1v) is 12.2. The molecule has 2 aromatic carbocycles. The fourth-order valence-electron chi connectivity index (χ4n) is 3.41. The quantitative estimate of drug-likeness (QED) is 0.613. The Labute approximate surface area is 202 Å². The molecule has 0 atom stereocenters. The number of carbonyl (C=O) groups is 2. The third kappa shape index (κ3) is 8.34. The van der Waals surface area contributed by atoms with E-state index in [4.69, 9.17) is 9.90 Å². The number of nitrogens with zero attached hydrogens (tertiary/aromatic N) is 2. The SMILES string of the molecule is Cc1ccc(S(=O)(=O)N(CC(=O)N2CCNCC2)Cc2ccccc2)c(C)c1.O=C(O)C(F)(F)F. The molecule has 35 heavy (non-hydrogen) atoms. The van der Waals surface area contributed by atoms with Gasteiger partial charge in [-0.25, -0.2) is 13.2 Å². The van der Waals surface area contributed by atoms with Crippen LogP contribution >= 0.6 is 0 Å². The van der Waals surface area contributed by atoms with Crippen LogP contribution in [0.1, 0.15) is 16.7 Å². The first-order valence-electron chi connectivity index (χ1n) is 10.7. The first kappa shape index (κ1) is 28.3. The number of carbonyl (C=O) groups excluding carboxylic acids is 1. The van der Waals surface area contributed by atoms with Gasteiger partial charge in [0.2, 0.25) is 15.9 Å². The zero-order valence-electron chi connectivity index (χ0n) is 19.4. The summed E-state index contributed by atoms with van der Waals surface area (Å²) in [7, 11) is -3.81. The number of hydrogen-bond acceptors (Lipinski definition) is 5. The van der Waals surface area contributed by atoms with Crippen molar-refractivity contribution in [2.45, 2.75) is 31.5 Å². The molecule has 0 bridgehead atoms. The maximum Gasteiger partial charge on any atom is 0.490 e. The Hall–Kier alpha value is -2.96. The second-order valence-electron chi connectivity index (χ2n) is 7.96. The molecule has 3 rings (SSSR count). The summed E-state index contributed by atoms with van der Waals surface area (Å²) < 4.78 is 59.9. The summed E-state index contributed by atoms with van der Waals surface area (Å²) in [4.78, 5) is 23.7. The van der Waals surface area contributed by atoms with Crippen molar-refractivity contribution in [1.29, 1.82) is 0 Å². The standard InChI is InChI=1S/C21H27N3O3S.C2HF3O2/c1-17-8-9-20(18(2)14-17)28(26,27)24(15-19-6-4-3-5-7-19)16-21(25)23-12-10-22-11-13-23;3-2(4,5)1(6)7/h3-9,14,22H,10-13,15-16H2,1-2H3;(H,6,7). The fraction of sp³-hybridized carbons (Fsp3) is 0.391. The number of benzene rings is 2. The van der Waals surface area contributed by atoms with E-state index in [1.807, 2.05) is 43.3 Å². The summed E-state index contributed by atoms with van der Waals surface area (Å²) in [6, 6.07) is 14.7. The molecular formula is C23H28F3N3O5S. The van der Waals surface area contributed by atoms with Crippen molar-refractivity contribution < 1.29 is 36.3 Å². The van der Waals surface area contributed by atoms with E-state index in [1.54, 1.807) is 24.0 Å². The Morgan fingerprint density at radius 1 is 1.06 bits per heavy atom. The number of alkyl halides is 3. The van der Waals surface area contributed by atoms with Gasteiger partial charge in [0.05, 0.1) is 11.4 Å². The fourth-order valence-corrected chi connectivity index (χ4v) is 4.99. The molecule has 2 N–H and O–H groups in total. The van der Waals surface area contributed by atoms with Crippen LogP contribution in [0.3, 0.4) is 0 Å². The summed E-state index contributed by atoms with van der Waals surface area (Å²) in [6.07, 6.45) is -5.08. The Morgan fingerprint density at radius 3 is 2.14 bits per heavy atom. The second-order valence-corrected chi connectivity index (χ2v) is 9.87. The Balaban J connectivity index is 0.000000540. The summed E-state index contributed by atoms with van der Waals surface area (Å²) in [5.41, 5.74) is 2.54. The van der Waals surface area contributed by atoms with Gasteiger partial charge in [-0.15, -0.1) is 0 Å². The lowest BCUT2D eigenvalue weighted by Crippen LogP contribution is -2.50. The first-order chi connectivity index (χ1) is 16.3. The largest absolute Gasteiger partial charge is 0.490 e. The summed E-state index contributed by atoms with van der Waals surface area (Å²) in [6.45, 7) is 6.38.